The van der Waals surface area contributed by atoms with Crippen LogP contribution in [0.5, 0.6) is 0 Å². The van der Waals surface area contributed by atoms with Gasteiger partial charge < -0.3 is 5.11 Å². The molecule has 0 aliphatic carbocycles. The van der Waals surface area contributed by atoms with Crippen LogP contribution < -0.4 is 4.72 Å². The average molecular weight is 316 g/mol. The molecule has 0 radical (unpaired) electrons. The van der Waals surface area contributed by atoms with E-state index in [-0.39, 0.29) is 12.5 Å². The first-order valence-electron chi connectivity index (χ1n) is 6.23. The van der Waals surface area contributed by atoms with Gasteiger partial charge in [-0.3, -0.25) is 0 Å². The first-order chi connectivity index (χ1) is 9.35. The number of rotatable bonds is 6. The van der Waals surface area contributed by atoms with E-state index < -0.39 is 10.2 Å². The summed E-state index contributed by atoms with van der Waals surface area (Å²) in [6, 6.07) is 1.84. The minimum absolute atomic E-state index is 0.180. The van der Waals surface area contributed by atoms with E-state index in [1.165, 1.54) is 15.6 Å². The van der Waals surface area contributed by atoms with Crippen LogP contribution in [0.2, 0.25) is 0 Å². The molecule has 1 aromatic heterocycles. The van der Waals surface area contributed by atoms with Gasteiger partial charge in [-0.15, -0.1) is 11.3 Å². The maximum Gasteiger partial charge on any atom is 0.279 e. The van der Waals surface area contributed by atoms with Crippen molar-refractivity contribution in [2.45, 2.75) is 20.4 Å². The zero-order valence-corrected chi connectivity index (χ0v) is 13.5. The second-order valence-electron chi connectivity index (χ2n) is 4.78. The van der Waals surface area contributed by atoms with E-state index in [4.69, 9.17) is 5.11 Å². The largest absolute Gasteiger partial charge is 0.384 e. The van der Waals surface area contributed by atoms with Crippen LogP contribution in [0.4, 0.5) is 0 Å². The van der Waals surface area contributed by atoms with Gasteiger partial charge in [0.1, 0.15) is 6.61 Å². The fraction of sp³-hybridized carbons (Fsp3) is 0.538. The van der Waals surface area contributed by atoms with E-state index in [0.29, 0.717) is 13.1 Å². The zero-order chi connectivity index (χ0) is 15.2. The van der Waals surface area contributed by atoms with Crippen LogP contribution in [0.3, 0.4) is 0 Å². The molecule has 0 aliphatic heterocycles. The van der Waals surface area contributed by atoms with Crippen LogP contribution in [0.1, 0.15) is 24.3 Å². The van der Waals surface area contributed by atoms with E-state index in [2.05, 4.69) is 16.6 Å². The molecule has 2 N–H and O–H groups in total. The van der Waals surface area contributed by atoms with Crippen molar-refractivity contribution in [1.29, 1.82) is 0 Å². The molecule has 0 unspecified atom stereocenters. The topological polar surface area (TPSA) is 69.6 Å². The molecule has 0 bridgehead atoms. The highest BCUT2D eigenvalue weighted by atomic mass is 32.2. The first kappa shape index (κ1) is 17.1. The van der Waals surface area contributed by atoms with Crippen molar-refractivity contribution >= 4 is 21.5 Å². The molecule has 112 valence electrons. The minimum atomic E-state index is -3.45. The molecular weight excluding hydrogens is 296 g/mol. The summed E-state index contributed by atoms with van der Waals surface area (Å²) >= 11 is 1.43. The van der Waals surface area contributed by atoms with Gasteiger partial charge in [0.15, 0.2) is 0 Å². The van der Waals surface area contributed by atoms with Crippen molar-refractivity contribution in [3.8, 4) is 11.8 Å². The van der Waals surface area contributed by atoms with Gasteiger partial charge in [-0.25, -0.2) is 4.72 Å². The van der Waals surface area contributed by atoms with Crippen LogP contribution >= 0.6 is 11.3 Å². The maximum absolute atomic E-state index is 12.0. The summed E-state index contributed by atoms with van der Waals surface area (Å²) in [5.41, 5.74) is 0.884. The predicted octanol–water partition coefficient (Wildman–Crippen LogP) is 1.01. The number of hydrogen-bond acceptors (Lipinski definition) is 4. The van der Waals surface area contributed by atoms with Crippen molar-refractivity contribution in [1.82, 2.24) is 9.03 Å². The Morgan fingerprint density at radius 2 is 2.20 bits per heavy atom. The summed E-state index contributed by atoms with van der Waals surface area (Å²) < 4.78 is 27.8. The van der Waals surface area contributed by atoms with Gasteiger partial charge >= 0.3 is 0 Å². The Balaban J connectivity index is 2.65. The highest BCUT2D eigenvalue weighted by Gasteiger charge is 2.18. The van der Waals surface area contributed by atoms with Gasteiger partial charge in [0, 0.05) is 20.1 Å². The highest BCUT2D eigenvalue weighted by Crippen LogP contribution is 2.16. The Kier molecular flexibility index (Phi) is 6.65. The summed E-state index contributed by atoms with van der Waals surface area (Å²) in [6.45, 7) is 4.44. The molecule has 0 fully saturated rings. The molecule has 5 nitrogen and oxygen atoms in total. The van der Waals surface area contributed by atoms with Crippen LogP contribution in [0, 0.1) is 17.8 Å². The van der Waals surface area contributed by atoms with Gasteiger partial charge in [0.25, 0.3) is 10.2 Å². The van der Waals surface area contributed by atoms with E-state index in [1.807, 2.05) is 25.3 Å². The molecule has 1 heterocycles. The number of nitrogens with zero attached hydrogens (tertiary/aromatic N) is 1. The van der Waals surface area contributed by atoms with Crippen LogP contribution in [0.25, 0.3) is 0 Å². The van der Waals surface area contributed by atoms with Gasteiger partial charge in [-0.2, -0.15) is 12.7 Å². The van der Waals surface area contributed by atoms with Gasteiger partial charge in [0.05, 0.1) is 4.88 Å². The molecule has 0 spiro atoms. The normalized spacial score (nSPS) is 11.7. The molecule has 0 saturated heterocycles. The van der Waals surface area contributed by atoms with Crippen molar-refractivity contribution in [2.75, 3.05) is 20.2 Å². The number of aliphatic hydroxyl groups excluding tert-OH is 1. The molecule has 0 saturated carbocycles. The molecule has 0 aliphatic rings. The summed E-state index contributed by atoms with van der Waals surface area (Å²) in [4.78, 5) is 0.815. The zero-order valence-electron chi connectivity index (χ0n) is 11.9. The molecule has 1 rings (SSSR count). The van der Waals surface area contributed by atoms with E-state index >= 15 is 0 Å². The van der Waals surface area contributed by atoms with Crippen molar-refractivity contribution in [2.24, 2.45) is 5.92 Å². The third-order valence-electron chi connectivity index (χ3n) is 2.43. The third kappa shape index (κ3) is 5.61. The summed E-state index contributed by atoms with van der Waals surface area (Å²) in [6.07, 6.45) is 0. The Bertz CT molecular complexity index is 582. The summed E-state index contributed by atoms with van der Waals surface area (Å²) in [5, 5.41) is 10.5. The smallest absolute Gasteiger partial charge is 0.279 e. The Labute approximate surface area is 124 Å². The fourth-order valence-corrected chi connectivity index (χ4v) is 3.23. The third-order valence-corrected chi connectivity index (χ3v) is 4.81. The molecule has 7 heteroatoms. The average Bonchev–Trinajstić information content (AvgIpc) is 2.81. The van der Waals surface area contributed by atoms with Crippen LogP contribution in [0.15, 0.2) is 11.4 Å². The lowest BCUT2D eigenvalue weighted by Crippen LogP contribution is -2.39. The van der Waals surface area contributed by atoms with E-state index in [0.717, 1.165) is 10.4 Å². The Morgan fingerprint density at radius 3 is 2.80 bits per heavy atom. The van der Waals surface area contributed by atoms with Crippen LogP contribution in [-0.2, 0) is 16.8 Å². The molecule has 20 heavy (non-hydrogen) atoms. The second-order valence-corrected chi connectivity index (χ2v) is 7.56. The predicted molar refractivity (Wildman–Crippen MR) is 81.5 cm³/mol. The minimum Gasteiger partial charge on any atom is -0.384 e. The standard InChI is InChI=1S/C13H20N2O3S2/c1-11(2)8-14-20(17,18)15(3)9-12-7-13(19-10-12)5-4-6-16/h7,10-11,14,16H,6,8-9H2,1-3H3. The Hall–Kier alpha value is -0.910. The van der Waals surface area contributed by atoms with E-state index in [1.54, 1.807) is 7.05 Å². The van der Waals surface area contributed by atoms with Crippen molar-refractivity contribution in [3.63, 3.8) is 0 Å². The number of nitrogens with one attached hydrogen (secondary N) is 1. The molecule has 0 amide bonds. The second kappa shape index (κ2) is 7.76. The quantitative estimate of drug-likeness (QED) is 0.770. The maximum atomic E-state index is 12.0. The highest BCUT2D eigenvalue weighted by molar-refractivity contribution is 7.87. The molecule has 0 atom stereocenters. The monoisotopic (exact) mass is 316 g/mol. The first-order valence-corrected chi connectivity index (χ1v) is 8.55. The van der Waals surface area contributed by atoms with E-state index in [9.17, 15) is 8.42 Å². The van der Waals surface area contributed by atoms with Gasteiger partial charge in [0.2, 0.25) is 0 Å². The molecular formula is C13H20N2O3S2. The fourth-order valence-electron chi connectivity index (χ4n) is 1.37. The van der Waals surface area contributed by atoms with Gasteiger partial charge in [-0.05, 0) is 22.9 Å². The summed E-state index contributed by atoms with van der Waals surface area (Å²) in [7, 11) is -1.91. The summed E-state index contributed by atoms with van der Waals surface area (Å²) in [5.74, 6) is 5.63. The van der Waals surface area contributed by atoms with Crippen molar-refractivity contribution in [3.05, 3.63) is 21.9 Å². The lowest BCUT2D eigenvalue weighted by Gasteiger charge is -2.17. The Morgan fingerprint density at radius 1 is 1.50 bits per heavy atom. The lowest BCUT2D eigenvalue weighted by molar-refractivity contribution is 0.350. The SMILES string of the molecule is CC(C)CNS(=O)(=O)N(C)Cc1csc(C#CCO)c1. The number of hydrogen-bond donors (Lipinski definition) is 2. The van der Waals surface area contributed by atoms with Gasteiger partial charge in [-0.1, -0.05) is 25.7 Å². The molecule has 1 aromatic rings. The van der Waals surface area contributed by atoms with Crippen molar-refractivity contribution < 1.29 is 13.5 Å². The lowest BCUT2D eigenvalue weighted by atomic mass is 10.2. The molecule has 0 aromatic carbocycles. The number of aliphatic hydroxyl groups is 1. The van der Waals surface area contributed by atoms with Crippen LogP contribution in [-0.4, -0.2) is 38.0 Å². The number of thiophene rings is 1.